The van der Waals surface area contributed by atoms with Crippen molar-refractivity contribution in [1.82, 2.24) is 19.1 Å². The number of fused-ring (bicyclic) bond motifs is 1. The lowest BCUT2D eigenvalue weighted by molar-refractivity contribution is -0.133. The van der Waals surface area contributed by atoms with Crippen LogP contribution in [0.15, 0.2) is 29.5 Å². The third-order valence-electron chi connectivity index (χ3n) is 4.51. The molecule has 0 aliphatic heterocycles. The fourth-order valence-corrected chi connectivity index (χ4v) is 3.17. The van der Waals surface area contributed by atoms with Gasteiger partial charge in [0.2, 0.25) is 0 Å². The minimum Gasteiger partial charge on any atom is -0.443 e. The van der Waals surface area contributed by atoms with Crippen LogP contribution in [-0.2, 0) is 17.7 Å². The van der Waals surface area contributed by atoms with E-state index in [4.69, 9.17) is 4.74 Å². The zero-order chi connectivity index (χ0) is 23.8. The number of imidazole rings is 1. The second-order valence-corrected chi connectivity index (χ2v) is 8.40. The van der Waals surface area contributed by atoms with Crippen molar-refractivity contribution in [2.75, 3.05) is 0 Å². The van der Waals surface area contributed by atoms with Gasteiger partial charge in [0.05, 0.1) is 23.9 Å². The molecule has 0 saturated carbocycles. The van der Waals surface area contributed by atoms with Gasteiger partial charge in [0.1, 0.15) is 17.2 Å². The van der Waals surface area contributed by atoms with Crippen LogP contribution in [0.5, 0.6) is 0 Å². The Kier molecular flexibility index (Phi) is 6.12. The number of aryl methyl sites for hydroxylation is 2. The number of alkyl halides is 3. The maximum atomic E-state index is 14.3. The summed E-state index contributed by atoms with van der Waals surface area (Å²) in [5.41, 5.74) is -0.949. The minimum absolute atomic E-state index is 0.00242. The van der Waals surface area contributed by atoms with E-state index >= 15 is 0 Å². The molecule has 0 radical (unpaired) electrons. The molecule has 3 aromatic rings. The Morgan fingerprint density at radius 3 is 2.50 bits per heavy atom. The van der Waals surface area contributed by atoms with Crippen molar-refractivity contribution in [1.29, 1.82) is 0 Å². The van der Waals surface area contributed by atoms with Crippen molar-refractivity contribution >= 4 is 17.1 Å². The van der Waals surface area contributed by atoms with E-state index in [0.29, 0.717) is 5.56 Å². The first-order chi connectivity index (χ1) is 14.7. The number of halogens is 4. The molecule has 0 spiro atoms. The highest BCUT2D eigenvalue weighted by atomic mass is 19.4. The van der Waals surface area contributed by atoms with Crippen LogP contribution in [0.2, 0.25) is 0 Å². The highest BCUT2D eigenvalue weighted by molar-refractivity contribution is 5.89. The molecule has 7 nitrogen and oxygen atoms in total. The van der Waals surface area contributed by atoms with Gasteiger partial charge in [-0.15, -0.1) is 0 Å². The predicted molar refractivity (Wildman–Crippen MR) is 108 cm³/mol. The van der Waals surface area contributed by atoms with Gasteiger partial charge in [0.25, 0.3) is 5.56 Å². The lowest BCUT2D eigenvalue weighted by atomic mass is 10.1. The number of nitrogens with zero attached hydrogens (tertiary/aromatic N) is 4. The summed E-state index contributed by atoms with van der Waals surface area (Å²) >= 11 is 0. The maximum absolute atomic E-state index is 14.3. The molecule has 0 bridgehead atoms. The largest absolute Gasteiger partial charge is 0.443 e. The maximum Gasteiger partial charge on any atom is 0.420 e. The Labute approximate surface area is 180 Å². The Balaban J connectivity index is 2.19. The van der Waals surface area contributed by atoms with E-state index in [1.807, 2.05) is 0 Å². The quantitative estimate of drug-likeness (QED) is 0.547. The Hall–Kier alpha value is -3.24. The molecule has 0 amide bonds. The molecule has 0 saturated heterocycles. The van der Waals surface area contributed by atoms with Crippen LogP contribution in [0.1, 0.15) is 44.1 Å². The molecular formula is C21H22F4N4O3. The zero-order valence-electron chi connectivity index (χ0n) is 18.0. The van der Waals surface area contributed by atoms with Crippen LogP contribution < -0.4 is 5.56 Å². The average Bonchev–Trinajstić information content (AvgIpc) is 2.99. The third-order valence-corrected chi connectivity index (χ3v) is 4.51. The van der Waals surface area contributed by atoms with Crippen LogP contribution in [-0.4, -0.2) is 37.0 Å². The smallest absolute Gasteiger partial charge is 0.420 e. The Morgan fingerprint density at radius 1 is 1.19 bits per heavy atom. The van der Waals surface area contributed by atoms with Gasteiger partial charge in [-0.05, 0) is 45.7 Å². The molecule has 0 fully saturated rings. The van der Waals surface area contributed by atoms with Crippen molar-refractivity contribution in [3.8, 4) is 0 Å². The summed E-state index contributed by atoms with van der Waals surface area (Å²) in [5.74, 6) is -0.817. The van der Waals surface area contributed by atoms with Gasteiger partial charge in [-0.2, -0.15) is 13.2 Å². The molecule has 32 heavy (non-hydrogen) atoms. The second-order valence-electron chi connectivity index (χ2n) is 8.40. The fraction of sp³-hybridized carbons (Fsp3) is 0.429. The molecule has 0 aliphatic carbocycles. The highest BCUT2D eigenvalue weighted by Gasteiger charge is 2.29. The topological polar surface area (TPSA) is 79.0 Å². The summed E-state index contributed by atoms with van der Waals surface area (Å²) in [4.78, 5) is 33.6. The summed E-state index contributed by atoms with van der Waals surface area (Å²) in [7, 11) is 0. The number of carbonyl (C=O) groups is 1. The van der Waals surface area contributed by atoms with E-state index in [0.717, 1.165) is 16.7 Å². The molecule has 0 N–H and O–H groups in total. The predicted octanol–water partition coefficient (Wildman–Crippen LogP) is 4.37. The van der Waals surface area contributed by atoms with Crippen molar-refractivity contribution in [3.05, 3.63) is 57.8 Å². The second kappa shape index (κ2) is 8.36. The van der Waals surface area contributed by atoms with Crippen molar-refractivity contribution in [3.63, 3.8) is 0 Å². The Bertz CT molecular complexity index is 1220. The standard InChI is InChI=1S/C21H22F4N4O3/c1-12-9-26-11-28(18(12)30)10-16-27-17-13(5-6-21(23,24)25)7-14(22)8-15(17)29(16)19(31)32-20(2,3)4/h7-9,11H,5-6,10H2,1-4H3. The lowest BCUT2D eigenvalue weighted by Crippen LogP contribution is -2.30. The zero-order valence-corrected chi connectivity index (χ0v) is 18.0. The van der Waals surface area contributed by atoms with Gasteiger partial charge >= 0.3 is 12.3 Å². The molecule has 2 heterocycles. The van der Waals surface area contributed by atoms with E-state index in [2.05, 4.69) is 9.97 Å². The fourth-order valence-electron chi connectivity index (χ4n) is 3.17. The number of aromatic nitrogens is 4. The molecule has 2 aromatic heterocycles. The number of hydrogen-bond donors (Lipinski definition) is 0. The molecule has 0 atom stereocenters. The molecule has 0 aliphatic rings. The van der Waals surface area contributed by atoms with Crippen LogP contribution in [0, 0.1) is 12.7 Å². The molecule has 11 heteroatoms. The third kappa shape index (κ3) is 5.32. The van der Waals surface area contributed by atoms with Crippen LogP contribution >= 0.6 is 0 Å². The lowest BCUT2D eigenvalue weighted by Gasteiger charge is -2.20. The summed E-state index contributed by atoms with van der Waals surface area (Å²) in [6.07, 6.45) is -4.42. The number of hydrogen-bond acceptors (Lipinski definition) is 5. The molecule has 0 unspecified atom stereocenters. The summed E-state index contributed by atoms with van der Waals surface area (Å²) < 4.78 is 60.2. The minimum atomic E-state index is -4.45. The van der Waals surface area contributed by atoms with E-state index in [-0.39, 0.29) is 34.5 Å². The van der Waals surface area contributed by atoms with E-state index in [1.165, 1.54) is 17.1 Å². The van der Waals surface area contributed by atoms with Gasteiger partial charge in [-0.1, -0.05) is 0 Å². The average molecular weight is 454 g/mol. The first kappa shape index (κ1) is 23.4. The number of ether oxygens (including phenoxy) is 1. The summed E-state index contributed by atoms with van der Waals surface area (Å²) in [6.45, 7) is 6.24. The van der Waals surface area contributed by atoms with Crippen LogP contribution in [0.25, 0.3) is 11.0 Å². The van der Waals surface area contributed by atoms with E-state index < -0.39 is 36.5 Å². The number of carbonyl (C=O) groups excluding carboxylic acids is 1. The molecule has 3 rings (SSSR count). The van der Waals surface area contributed by atoms with Crippen molar-refractivity contribution in [2.45, 2.75) is 58.9 Å². The molecule has 1 aromatic carbocycles. The number of benzene rings is 1. The monoisotopic (exact) mass is 454 g/mol. The normalized spacial score (nSPS) is 12.4. The van der Waals surface area contributed by atoms with Crippen molar-refractivity contribution < 1.29 is 27.1 Å². The van der Waals surface area contributed by atoms with Gasteiger partial charge < -0.3 is 4.74 Å². The van der Waals surface area contributed by atoms with Gasteiger partial charge in [-0.25, -0.2) is 23.7 Å². The highest BCUT2D eigenvalue weighted by Crippen LogP contribution is 2.28. The van der Waals surface area contributed by atoms with Crippen molar-refractivity contribution in [2.24, 2.45) is 0 Å². The molecular weight excluding hydrogens is 432 g/mol. The van der Waals surface area contributed by atoms with E-state index in [9.17, 15) is 27.2 Å². The van der Waals surface area contributed by atoms with E-state index in [1.54, 1.807) is 27.7 Å². The first-order valence-electron chi connectivity index (χ1n) is 9.76. The SMILES string of the molecule is Cc1cncn(Cc2nc3c(CCC(F)(F)F)cc(F)cc3n2C(=O)OC(C)(C)C)c1=O. The number of rotatable bonds is 4. The molecule has 172 valence electrons. The van der Waals surface area contributed by atoms with Gasteiger partial charge in [0, 0.05) is 24.2 Å². The first-order valence-corrected chi connectivity index (χ1v) is 9.76. The summed E-state index contributed by atoms with van der Waals surface area (Å²) in [6, 6.07) is 1.97. The van der Waals surface area contributed by atoms with Gasteiger partial charge in [-0.3, -0.25) is 9.36 Å². The Morgan fingerprint density at radius 2 is 1.88 bits per heavy atom. The van der Waals surface area contributed by atoms with Crippen LogP contribution in [0.4, 0.5) is 22.4 Å². The van der Waals surface area contributed by atoms with Gasteiger partial charge in [0.15, 0.2) is 0 Å². The van der Waals surface area contributed by atoms with Crippen LogP contribution in [0.3, 0.4) is 0 Å². The summed E-state index contributed by atoms with van der Waals surface area (Å²) in [5, 5.41) is 0.